The molecule has 186 valence electrons. The molecule has 34 heavy (non-hydrogen) atoms. The molecule has 0 spiro atoms. The molecule has 3 rings (SSSR count). The van der Waals surface area contributed by atoms with E-state index in [1.165, 1.54) is 0 Å². The van der Waals surface area contributed by atoms with Gasteiger partial charge in [0.2, 0.25) is 0 Å². The Hall–Kier alpha value is -1.57. The molecule has 1 aliphatic heterocycles. The topological polar surface area (TPSA) is 39.7 Å². The molecule has 0 amide bonds. The Morgan fingerprint density at radius 2 is 1.24 bits per heavy atom. The van der Waals surface area contributed by atoms with Gasteiger partial charge in [0.15, 0.2) is 8.32 Å². The largest absolute Gasteiger partial charge is 0.414 e. The maximum Gasteiger partial charge on any atom is 0.200 e. The van der Waals surface area contributed by atoms with Gasteiger partial charge in [-0.15, -0.1) is 0 Å². The van der Waals surface area contributed by atoms with Crippen molar-refractivity contribution in [2.75, 3.05) is 6.61 Å². The number of benzene rings is 2. The van der Waals surface area contributed by atoms with E-state index < -0.39 is 8.32 Å². The Morgan fingerprint density at radius 3 is 1.71 bits per heavy atom. The fourth-order valence-corrected chi connectivity index (χ4v) is 11.3. The highest BCUT2D eigenvalue weighted by Crippen LogP contribution is 2.42. The summed E-state index contributed by atoms with van der Waals surface area (Å²) in [5.74, 6) is 0. The molecule has 3 atom stereocenters. The van der Waals surface area contributed by atoms with Crippen molar-refractivity contribution in [3.63, 3.8) is 0 Å². The Morgan fingerprint density at radius 1 is 0.765 bits per heavy atom. The van der Waals surface area contributed by atoms with Crippen molar-refractivity contribution >= 4 is 25.5 Å². The standard InChI is InChI=1S/C28H41NO3SSi/c1-20(2)34(21(3)4,22(5)6)32-19-25-26(30-17-23-13-9-7-10-14-23)27(28(33)29-25)31-18-24-15-11-8-12-16-24/h7-16,20-22,25-27H,17-19H2,1-6H3,(H,29,33). The van der Waals surface area contributed by atoms with Gasteiger partial charge < -0.3 is 19.2 Å². The average molecular weight is 500 g/mol. The van der Waals surface area contributed by atoms with Gasteiger partial charge in [0.25, 0.3) is 0 Å². The summed E-state index contributed by atoms with van der Waals surface area (Å²) >= 11 is 5.74. The third kappa shape index (κ3) is 6.35. The zero-order valence-corrected chi connectivity index (χ0v) is 23.3. The molecule has 1 N–H and O–H groups in total. The van der Waals surface area contributed by atoms with Gasteiger partial charge in [0, 0.05) is 0 Å². The van der Waals surface area contributed by atoms with E-state index in [-0.39, 0.29) is 18.2 Å². The predicted octanol–water partition coefficient (Wildman–Crippen LogP) is 6.65. The van der Waals surface area contributed by atoms with Crippen LogP contribution in [0, 0.1) is 0 Å². The van der Waals surface area contributed by atoms with Gasteiger partial charge in [-0.25, -0.2) is 0 Å². The lowest BCUT2D eigenvalue weighted by molar-refractivity contribution is -0.0611. The van der Waals surface area contributed by atoms with E-state index in [4.69, 9.17) is 26.1 Å². The van der Waals surface area contributed by atoms with Gasteiger partial charge in [0.1, 0.15) is 17.2 Å². The third-order valence-corrected chi connectivity index (χ3v) is 13.5. The molecule has 2 aromatic rings. The van der Waals surface area contributed by atoms with Crippen LogP contribution in [0.5, 0.6) is 0 Å². The highest BCUT2D eigenvalue weighted by atomic mass is 32.1. The average Bonchev–Trinajstić information content (AvgIpc) is 3.11. The highest BCUT2D eigenvalue weighted by molar-refractivity contribution is 7.80. The summed E-state index contributed by atoms with van der Waals surface area (Å²) in [4.78, 5) is 0.702. The molecule has 1 saturated heterocycles. The summed E-state index contributed by atoms with van der Waals surface area (Å²) < 4.78 is 19.7. The molecule has 1 aliphatic rings. The van der Waals surface area contributed by atoms with Crippen LogP contribution in [0.3, 0.4) is 0 Å². The first-order valence-corrected chi connectivity index (χ1v) is 15.1. The zero-order chi connectivity index (χ0) is 24.7. The molecule has 0 bridgehead atoms. The summed E-state index contributed by atoms with van der Waals surface area (Å²) in [6, 6.07) is 20.4. The van der Waals surface area contributed by atoms with Crippen LogP contribution in [0.2, 0.25) is 16.6 Å². The van der Waals surface area contributed by atoms with E-state index in [0.717, 1.165) is 11.1 Å². The normalized spacial score (nSPS) is 21.0. The quantitative estimate of drug-likeness (QED) is 0.261. The Labute approximate surface area is 212 Å². The first-order valence-electron chi connectivity index (χ1n) is 12.5. The van der Waals surface area contributed by atoms with Crippen molar-refractivity contribution < 1.29 is 13.9 Å². The predicted molar refractivity (Wildman–Crippen MR) is 147 cm³/mol. The summed E-state index contributed by atoms with van der Waals surface area (Å²) in [5, 5.41) is 3.49. The molecule has 1 fully saturated rings. The number of nitrogens with one attached hydrogen (secondary N) is 1. The van der Waals surface area contributed by atoms with Gasteiger partial charge in [-0.3, -0.25) is 0 Å². The van der Waals surface area contributed by atoms with Gasteiger partial charge in [-0.2, -0.15) is 0 Å². The van der Waals surface area contributed by atoms with E-state index in [1.54, 1.807) is 0 Å². The first kappa shape index (κ1) is 27.0. The molecule has 0 radical (unpaired) electrons. The van der Waals surface area contributed by atoms with Crippen molar-refractivity contribution in [3.8, 4) is 0 Å². The maximum atomic E-state index is 6.92. The second-order valence-corrected chi connectivity index (χ2v) is 16.1. The Kier molecular flexibility index (Phi) is 9.86. The van der Waals surface area contributed by atoms with Gasteiger partial charge in [-0.05, 0) is 27.8 Å². The minimum atomic E-state index is -2.01. The van der Waals surface area contributed by atoms with Crippen molar-refractivity contribution in [2.24, 2.45) is 0 Å². The minimum Gasteiger partial charge on any atom is -0.414 e. The van der Waals surface area contributed by atoms with Crippen LogP contribution in [0.25, 0.3) is 0 Å². The maximum absolute atomic E-state index is 6.92. The molecule has 3 unspecified atom stereocenters. The van der Waals surface area contributed by atoms with Gasteiger partial charge >= 0.3 is 0 Å². The summed E-state index contributed by atoms with van der Waals surface area (Å²) in [6.07, 6.45) is -0.518. The van der Waals surface area contributed by atoms with E-state index in [1.807, 2.05) is 36.4 Å². The van der Waals surface area contributed by atoms with Crippen LogP contribution in [-0.4, -0.2) is 38.2 Å². The lowest BCUT2D eigenvalue weighted by Gasteiger charge is -2.43. The molecule has 1 heterocycles. The van der Waals surface area contributed by atoms with Crippen molar-refractivity contribution in [1.82, 2.24) is 5.32 Å². The van der Waals surface area contributed by atoms with Crippen molar-refractivity contribution in [2.45, 2.75) is 89.6 Å². The van der Waals surface area contributed by atoms with E-state index >= 15 is 0 Å². The second kappa shape index (κ2) is 12.4. The van der Waals surface area contributed by atoms with E-state index in [2.05, 4.69) is 71.1 Å². The van der Waals surface area contributed by atoms with Crippen LogP contribution < -0.4 is 5.32 Å². The number of hydrogen-bond donors (Lipinski definition) is 1. The Bertz CT molecular complexity index is 869. The zero-order valence-electron chi connectivity index (χ0n) is 21.5. The van der Waals surface area contributed by atoms with Crippen LogP contribution >= 0.6 is 12.2 Å². The summed E-state index contributed by atoms with van der Waals surface area (Å²) in [5.41, 5.74) is 3.83. The number of thiocarbonyl (C=S) groups is 1. The first-order chi connectivity index (χ1) is 16.3. The molecule has 0 aliphatic carbocycles. The molecule has 2 aromatic carbocycles. The highest BCUT2D eigenvalue weighted by Gasteiger charge is 2.48. The fraction of sp³-hybridized carbons (Fsp3) is 0.536. The SMILES string of the molecule is CC(C)[Si](OCC1NC(=S)C(OCc2ccccc2)C1OCc1ccccc1)(C(C)C)C(C)C. The molecule has 4 nitrogen and oxygen atoms in total. The third-order valence-electron chi connectivity index (χ3n) is 7.06. The van der Waals surface area contributed by atoms with Gasteiger partial charge in [0.05, 0.1) is 25.9 Å². The Balaban J connectivity index is 1.77. The fourth-order valence-electron chi connectivity index (χ4n) is 5.48. The van der Waals surface area contributed by atoms with Crippen LogP contribution in [0.4, 0.5) is 0 Å². The number of rotatable bonds is 12. The van der Waals surface area contributed by atoms with Crippen LogP contribution in [0.1, 0.15) is 52.7 Å². The summed E-state index contributed by atoms with van der Waals surface area (Å²) in [7, 11) is -2.01. The lowest BCUT2D eigenvalue weighted by atomic mass is 10.1. The van der Waals surface area contributed by atoms with E-state index in [0.29, 0.717) is 41.4 Å². The number of hydrogen-bond acceptors (Lipinski definition) is 4. The molecular formula is C28H41NO3SSi. The van der Waals surface area contributed by atoms with Crippen LogP contribution in [0.15, 0.2) is 60.7 Å². The summed E-state index contributed by atoms with van der Waals surface area (Å²) in [6.45, 7) is 15.5. The molecule has 6 heteroatoms. The van der Waals surface area contributed by atoms with E-state index in [9.17, 15) is 0 Å². The molecule has 0 aromatic heterocycles. The smallest absolute Gasteiger partial charge is 0.200 e. The molecule has 0 saturated carbocycles. The van der Waals surface area contributed by atoms with Crippen molar-refractivity contribution in [3.05, 3.63) is 71.8 Å². The minimum absolute atomic E-state index is 0.0416. The second-order valence-electron chi connectivity index (χ2n) is 10.2. The van der Waals surface area contributed by atoms with Crippen LogP contribution in [-0.2, 0) is 27.1 Å². The monoisotopic (exact) mass is 499 g/mol. The van der Waals surface area contributed by atoms with Crippen molar-refractivity contribution in [1.29, 1.82) is 0 Å². The number of ether oxygens (including phenoxy) is 2. The molecular weight excluding hydrogens is 458 g/mol. The van der Waals surface area contributed by atoms with Gasteiger partial charge in [-0.1, -0.05) is 114 Å². The lowest BCUT2D eigenvalue weighted by Crippen LogP contribution is -2.51.